The second kappa shape index (κ2) is 16.5. The van der Waals surface area contributed by atoms with Gasteiger partial charge < -0.3 is 30.1 Å². The molecule has 3 N–H and O–H groups in total. The first-order valence-corrected chi connectivity index (χ1v) is 13.9. The van der Waals surface area contributed by atoms with Crippen LogP contribution in [0.25, 0.3) is 0 Å². The van der Waals surface area contributed by atoms with Gasteiger partial charge in [-0.1, -0.05) is 42.5 Å². The number of esters is 1. The average molecular weight is 544 g/mol. The number of carbonyl (C=O) groups is 4. The number of hydrogen-bond acceptors (Lipinski definition) is 7. The van der Waals surface area contributed by atoms with Crippen LogP contribution in [0.3, 0.4) is 0 Å². The minimum absolute atomic E-state index is 0.0558. The summed E-state index contributed by atoms with van der Waals surface area (Å²) in [5.41, 5.74) is 0.907. The van der Waals surface area contributed by atoms with Gasteiger partial charge in [0.25, 0.3) is 0 Å². The number of nitrogens with one attached hydrogen (secondary N) is 2. The molecule has 10 heteroatoms. The summed E-state index contributed by atoms with van der Waals surface area (Å²) in [7, 11) is 0. The van der Waals surface area contributed by atoms with Crippen LogP contribution in [-0.4, -0.2) is 72.3 Å². The molecule has 3 rings (SSSR count). The molecule has 0 aliphatic carbocycles. The molecule has 0 aromatic heterocycles. The number of rotatable bonds is 10. The molecule has 3 unspecified atom stereocenters. The van der Waals surface area contributed by atoms with Crippen LogP contribution in [0.15, 0.2) is 42.5 Å². The zero-order valence-corrected chi connectivity index (χ0v) is 22.5. The molecular weight excluding hydrogens is 502 g/mol. The number of allylic oxidation sites excluding steroid dienone is 2. The van der Waals surface area contributed by atoms with Crippen molar-refractivity contribution in [3.63, 3.8) is 0 Å². The van der Waals surface area contributed by atoms with Gasteiger partial charge in [0.1, 0.15) is 13.2 Å². The Kier molecular flexibility index (Phi) is 12.8. The summed E-state index contributed by atoms with van der Waals surface area (Å²) in [5, 5.41) is 15.3. The van der Waals surface area contributed by atoms with Gasteiger partial charge >= 0.3 is 12.1 Å². The number of unbranched alkanes of at least 4 members (excludes halogenated alkanes) is 1. The lowest BCUT2D eigenvalue weighted by Crippen LogP contribution is -2.44. The summed E-state index contributed by atoms with van der Waals surface area (Å²) in [5.74, 6) is -1.25. The lowest BCUT2D eigenvalue weighted by atomic mass is 9.97. The summed E-state index contributed by atoms with van der Waals surface area (Å²) < 4.78 is 10.6. The van der Waals surface area contributed by atoms with Gasteiger partial charge in [-0.2, -0.15) is 0 Å². The fourth-order valence-corrected chi connectivity index (χ4v) is 4.81. The molecule has 10 nitrogen and oxygen atoms in total. The van der Waals surface area contributed by atoms with E-state index in [9.17, 15) is 24.3 Å². The highest BCUT2D eigenvalue weighted by Gasteiger charge is 2.31. The van der Waals surface area contributed by atoms with Crippen molar-refractivity contribution in [2.24, 2.45) is 5.92 Å². The molecule has 1 fully saturated rings. The van der Waals surface area contributed by atoms with E-state index in [4.69, 9.17) is 9.47 Å². The van der Waals surface area contributed by atoms with Crippen LogP contribution < -0.4 is 10.6 Å². The molecule has 0 bridgehead atoms. The molecule has 3 atom stereocenters. The van der Waals surface area contributed by atoms with Crippen LogP contribution in [-0.2, 0) is 30.5 Å². The fourth-order valence-electron chi connectivity index (χ4n) is 4.81. The van der Waals surface area contributed by atoms with Gasteiger partial charge in [0.2, 0.25) is 11.8 Å². The van der Waals surface area contributed by atoms with E-state index in [-0.39, 0.29) is 56.5 Å². The standard InChI is InChI=1S/C29H41N3O7/c33-19-25-14-9-17-32(25)26(34)18-23-12-5-2-6-15-27(35)38-21-24(31-28(23)36)13-7-8-16-30-29(37)39-20-22-10-3-1-4-11-22/h1-5,10-11,23-25,33H,6-9,12-21H2,(H,30,37)(H,31,36). The topological polar surface area (TPSA) is 134 Å². The lowest BCUT2D eigenvalue weighted by molar-refractivity contribution is -0.145. The Labute approximate surface area is 230 Å². The predicted octanol–water partition coefficient (Wildman–Crippen LogP) is 2.84. The Morgan fingerprint density at radius 1 is 1.15 bits per heavy atom. The number of ether oxygens (including phenoxy) is 2. The molecule has 1 aromatic rings. The highest BCUT2D eigenvalue weighted by atomic mass is 16.5. The highest BCUT2D eigenvalue weighted by Crippen LogP contribution is 2.21. The molecule has 0 spiro atoms. The summed E-state index contributed by atoms with van der Waals surface area (Å²) in [6.07, 6.45) is 7.92. The van der Waals surface area contributed by atoms with E-state index < -0.39 is 18.1 Å². The van der Waals surface area contributed by atoms with Gasteiger partial charge in [-0.3, -0.25) is 14.4 Å². The monoisotopic (exact) mass is 543 g/mol. The maximum absolute atomic E-state index is 13.2. The molecular formula is C29H41N3O7. The fraction of sp³-hybridized carbons (Fsp3) is 0.586. The largest absolute Gasteiger partial charge is 0.463 e. The number of aliphatic hydroxyl groups is 1. The molecule has 2 aliphatic rings. The molecule has 2 heterocycles. The van der Waals surface area contributed by atoms with Gasteiger partial charge in [-0.05, 0) is 50.5 Å². The van der Waals surface area contributed by atoms with Gasteiger partial charge in [0, 0.05) is 25.9 Å². The van der Waals surface area contributed by atoms with Crippen LogP contribution in [0.5, 0.6) is 0 Å². The first-order chi connectivity index (χ1) is 19.0. The van der Waals surface area contributed by atoms with Crippen LogP contribution in [0.2, 0.25) is 0 Å². The second-order valence-corrected chi connectivity index (χ2v) is 10.1. The Hall–Kier alpha value is -3.40. The second-order valence-electron chi connectivity index (χ2n) is 10.1. The highest BCUT2D eigenvalue weighted by molar-refractivity contribution is 5.86. The Bertz CT molecular complexity index is 969. The van der Waals surface area contributed by atoms with E-state index in [1.54, 1.807) is 4.90 Å². The quantitative estimate of drug-likeness (QED) is 0.235. The van der Waals surface area contributed by atoms with Gasteiger partial charge in [0.15, 0.2) is 0 Å². The summed E-state index contributed by atoms with van der Waals surface area (Å²) >= 11 is 0. The molecule has 1 saturated heterocycles. The van der Waals surface area contributed by atoms with Crippen molar-refractivity contribution in [2.45, 2.75) is 76.5 Å². The SMILES string of the molecule is O=C1CCC=CCC(CC(=O)N2CCCC2CO)C(=O)NC(CCCCNC(=O)OCc2ccccc2)CO1. The van der Waals surface area contributed by atoms with Crippen molar-refractivity contribution in [1.82, 2.24) is 15.5 Å². The number of nitrogens with zero attached hydrogens (tertiary/aromatic N) is 1. The van der Waals surface area contributed by atoms with Crippen molar-refractivity contribution in [3.05, 3.63) is 48.0 Å². The normalized spacial score (nSPS) is 22.3. The van der Waals surface area contributed by atoms with Crippen LogP contribution in [0.1, 0.15) is 63.4 Å². The summed E-state index contributed by atoms with van der Waals surface area (Å²) in [6, 6.07) is 8.84. The number of aliphatic hydroxyl groups excluding tert-OH is 1. The number of carbonyl (C=O) groups excluding carboxylic acids is 4. The molecule has 0 radical (unpaired) electrons. The molecule has 214 valence electrons. The molecule has 1 aromatic carbocycles. The van der Waals surface area contributed by atoms with Crippen molar-refractivity contribution >= 4 is 23.9 Å². The molecule has 2 aliphatic heterocycles. The third-order valence-electron chi connectivity index (χ3n) is 7.06. The number of alkyl carbamates (subject to hydrolysis) is 1. The van der Waals surface area contributed by atoms with Crippen molar-refractivity contribution in [2.75, 3.05) is 26.3 Å². The maximum Gasteiger partial charge on any atom is 0.407 e. The molecule has 0 saturated carbocycles. The van der Waals surface area contributed by atoms with E-state index in [0.717, 1.165) is 18.4 Å². The summed E-state index contributed by atoms with van der Waals surface area (Å²) in [4.78, 5) is 51.8. The van der Waals surface area contributed by atoms with Crippen LogP contribution in [0, 0.1) is 5.92 Å². The zero-order chi connectivity index (χ0) is 27.9. The first-order valence-electron chi connectivity index (χ1n) is 13.9. The minimum Gasteiger partial charge on any atom is -0.463 e. The Balaban J connectivity index is 1.47. The van der Waals surface area contributed by atoms with Gasteiger partial charge in [-0.25, -0.2) is 4.79 Å². The number of cyclic esters (lactones) is 1. The third-order valence-corrected chi connectivity index (χ3v) is 7.06. The minimum atomic E-state index is -0.549. The Morgan fingerprint density at radius 3 is 2.77 bits per heavy atom. The number of likely N-dealkylation sites (tertiary alicyclic amines) is 1. The number of benzene rings is 1. The van der Waals surface area contributed by atoms with E-state index in [1.165, 1.54) is 0 Å². The van der Waals surface area contributed by atoms with E-state index in [1.807, 2.05) is 42.5 Å². The van der Waals surface area contributed by atoms with E-state index in [2.05, 4.69) is 10.6 Å². The van der Waals surface area contributed by atoms with Crippen molar-refractivity contribution in [3.8, 4) is 0 Å². The lowest BCUT2D eigenvalue weighted by Gasteiger charge is -2.26. The predicted molar refractivity (Wildman–Crippen MR) is 144 cm³/mol. The molecule has 39 heavy (non-hydrogen) atoms. The maximum atomic E-state index is 13.2. The third kappa shape index (κ3) is 10.7. The van der Waals surface area contributed by atoms with Crippen molar-refractivity contribution < 1.29 is 33.8 Å². The smallest absolute Gasteiger partial charge is 0.407 e. The van der Waals surface area contributed by atoms with Crippen molar-refractivity contribution in [1.29, 1.82) is 0 Å². The number of amides is 3. The van der Waals surface area contributed by atoms with Crippen LogP contribution in [0.4, 0.5) is 4.79 Å². The average Bonchev–Trinajstić information content (AvgIpc) is 3.42. The van der Waals surface area contributed by atoms with E-state index in [0.29, 0.717) is 45.2 Å². The summed E-state index contributed by atoms with van der Waals surface area (Å²) in [6.45, 7) is 1.19. The van der Waals surface area contributed by atoms with Gasteiger partial charge in [-0.15, -0.1) is 0 Å². The molecule has 3 amide bonds. The number of hydrogen-bond donors (Lipinski definition) is 3. The van der Waals surface area contributed by atoms with Crippen LogP contribution >= 0.6 is 0 Å². The zero-order valence-electron chi connectivity index (χ0n) is 22.5. The Morgan fingerprint density at radius 2 is 1.97 bits per heavy atom. The van der Waals surface area contributed by atoms with Gasteiger partial charge in [0.05, 0.1) is 24.6 Å². The van der Waals surface area contributed by atoms with E-state index >= 15 is 0 Å². The first kappa shape index (κ1) is 30.1.